The first kappa shape index (κ1) is 21.2. The van der Waals surface area contributed by atoms with Gasteiger partial charge in [0, 0.05) is 29.6 Å². The highest BCUT2D eigenvalue weighted by atomic mass is 16.5. The second kappa shape index (κ2) is 8.43. The molecule has 7 heteroatoms. The van der Waals surface area contributed by atoms with E-state index in [4.69, 9.17) is 9.72 Å². The fourth-order valence-electron chi connectivity index (χ4n) is 5.07. The summed E-state index contributed by atoms with van der Waals surface area (Å²) in [5, 5.41) is 4.72. The molecular formula is C28H24N4O3. The van der Waals surface area contributed by atoms with Crippen LogP contribution in [-0.2, 0) is 30.8 Å². The van der Waals surface area contributed by atoms with Crippen LogP contribution in [0.15, 0.2) is 77.6 Å². The number of nitrogens with zero attached hydrogens (tertiary/aromatic N) is 3. The molecule has 6 rings (SSSR count). The molecule has 0 fully saturated rings. The molecule has 3 heterocycles. The smallest absolute Gasteiger partial charge is 0.261 e. The summed E-state index contributed by atoms with van der Waals surface area (Å²) in [5.41, 5.74) is 4.45. The van der Waals surface area contributed by atoms with Crippen LogP contribution in [0.4, 0.5) is 0 Å². The van der Waals surface area contributed by atoms with Crippen LogP contribution < -0.4 is 15.6 Å². The van der Waals surface area contributed by atoms with Crippen LogP contribution in [0.2, 0.25) is 0 Å². The Morgan fingerprint density at radius 2 is 1.74 bits per heavy atom. The van der Waals surface area contributed by atoms with Gasteiger partial charge >= 0.3 is 0 Å². The minimum Gasteiger partial charge on any atom is -0.496 e. The third-order valence-corrected chi connectivity index (χ3v) is 6.70. The molecule has 0 spiro atoms. The van der Waals surface area contributed by atoms with E-state index in [9.17, 15) is 9.59 Å². The van der Waals surface area contributed by atoms with Crippen molar-refractivity contribution in [3.63, 3.8) is 0 Å². The molecule has 35 heavy (non-hydrogen) atoms. The Morgan fingerprint density at radius 3 is 2.60 bits per heavy atom. The maximum absolute atomic E-state index is 13.3. The quantitative estimate of drug-likeness (QED) is 0.428. The number of methoxy groups -OCH3 is 1. The zero-order valence-corrected chi connectivity index (χ0v) is 19.3. The second-order valence-corrected chi connectivity index (χ2v) is 8.68. The number of nitrogens with one attached hydrogen (secondary N) is 1. The van der Waals surface area contributed by atoms with Crippen molar-refractivity contribution in [2.24, 2.45) is 0 Å². The minimum absolute atomic E-state index is 0.0475. The van der Waals surface area contributed by atoms with Crippen molar-refractivity contribution in [2.45, 2.75) is 26.1 Å². The Morgan fingerprint density at radius 1 is 1.00 bits per heavy atom. The zero-order valence-electron chi connectivity index (χ0n) is 19.3. The molecule has 1 N–H and O–H groups in total. The molecule has 3 aromatic carbocycles. The van der Waals surface area contributed by atoms with Crippen LogP contribution in [0.3, 0.4) is 0 Å². The molecule has 0 aliphatic carbocycles. The van der Waals surface area contributed by atoms with Crippen LogP contribution in [0.5, 0.6) is 5.75 Å². The van der Waals surface area contributed by atoms with E-state index in [1.54, 1.807) is 11.7 Å². The first-order valence-electron chi connectivity index (χ1n) is 11.6. The summed E-state index contributed by atoms with van der Waals surface area (Å²) >= 11 is 0. The number of carbonyl (C=O) groups is 1. The molecule has 0 saturated heterocycles. The van der Waals surface area contributed by atoms with E-state index in [0.29, 0.717) is 36.2 Å². The molecule has 5 aromatic rings. The van der Waals surface area contributed by atoms with Gasteiger partial charge in [0.25, 0.3) is 5.56 Å². The van der Waals surface area contributed by atoms with Crippen molar-refractivity contribution < 1.29 is 9.53 Å². The maximum Gasteiger partial charge on any atom is 0.261 e. The molecule has 0 saturated carbocycles. The first-order valence-corrected chi connectivity index (χ1v) is 11.6. The van der Waals surface area contributed by atoms with E-state index in [1.807, 2.05) is 71.3 Å². The summed E-state index contributed by atoms with van der Waals surface area (Å²) in [6, 6.07) is 23.1. The minimum atomic E-state index is -0.125. The van der Waals surface area contributed by atoms with Crippen LogP contribution in [0, 0.1) is 0 Å². The van der Waals surface area contributed by atoms with Gasteiger partial charge in [0.2, 0.25) is 5.91 Å². The van der Waals surface area contributed by atoms with Crippen molar-refractivity contribution >= 4 is 27.7 Å². The van der Waals surface area contributed by atoms with Crippen molar-refractivity contribution in [1.82, 2.24) is 19.4 Å². The third kappa shape index (κ3) is 3.47. The van der Waals surface area contributed by atoms with Gasteiger partial charge < -0.3 is 14.6 Å². The van der Waals surface area contributed by atoms with Crippen LogP contribution in [0.1, 0.15) is 11.1 Å². The SMILES string of the molecule is COc1ccccc1CNC(=O)Cn1c2c(c3ccccc31)CCn1c-2nc2ccccc2c1=O. The molecule has 0 radical (unpaired) electrons. The van der Waals surface area contributed by atoms with Gasteiger partial charge in [0.15, 0.2) is 5.82 Å². The summed E-state index contributed by atoms with van der Waals surface area (Å²) in [4.78, 5) is 31.3. The number of ether oxygens (including phenoxy) is 1. The van der Waals surface area contributed by atoms with Crippen molar-refractivity contribution in [3.05, 3.63) is 94.3 Å². The molecular weight excluding hydrogens is 440 g/mol. The highest BCUT2D eigenvalue weighted by Crippen LogP contribution is 2.36. The lowest BCUT2D eigenvalue weighted by Crippen LogP contribution is -2.30. The van der Waals surface area contributed by atoms with E-state index < -0.39 is 0 Å². The predicted octanol–water partition coefficient (Wildman–Crippen LogP) is 3.90. The molecule has 1 aliphatic rings. The number of para-hydroxylation sites is 3. The molecule has 2 aromatic heterocycles. The normalized spacial score (nSPS) is 12.4. The lowest BCUT2D eigenvalue weighted by atomic mass is 10.0. The highest BCUT2D eigenvalue weighted by Gasteiger charge is 2.27. The van der Waals surface area contributed by atoms with E-state index in [2.05, 4.69) is 11.4 Å². The Balaban J connectivity index is 1.43. The Kier molecular flexibility index (Phi) is 5.10. The molecule has 1 amide bonds. The standard InChI is InChI=1S/C28H24N4O3/c1-35-24-13-7-2-8-18(24)16-29-25(33)17-32-23-12-6-4-9-19(23)20-14-15-31-27(26(20)32)30-22-11-5-3-10-21(22)28(31)34/h2-13H,14-17H2,1H3,(H,29,33). The topological polar surface area (TPSA) is 78.2 Å². The molecule has 174 valence electrons. The number of aryl methyl sites for hydroxylation is 1. The van der Waals surface area contributed by atoms with Gasteiger partial charge in [-0.15, -0.1) is 0 Å². The average Bonchev–Trinajstić information content (AvgIpc) is 3.21. The Labute approximate surface area is 201 Å². The zero-order chi connectivity index (χ0) is 23.9. The fourth-order valence-corrected chi connectivity index (χ4v) is 5.07. The molecule has 7 nitrogen and oxygen atoms in total. The number of fused-ring (bicyclic) bond motifs is 6. The second-order valence-electron chi connectivity index (χ2n) is 8.68. The monoisotopic (exact) mass is 464 g/mol. The predicted molar refractivity (Wildman–Crippen MR) is 135 cm³/mol. The Bertz CT molecular complexity index is 1660. The fraction of sp³-hybridized carbons (Fsp3) is 0.179. The largest absolute Gasteiger partial charge is 0.496 e. The van der Waals surface area contributed by atoms with E-state index >= 15 is 0 Å². The molecule has 0 atom stereocenters. The number of hydrogen-bond donors (Lipinski definition) is 1. The molecule has 0 bridgehead atoms. The van der Waals surface area contributed by atoms with Crippen molar-refractivity contribution in [3.8, 4) is 17.3 Å². The highest BCUT2D eigenvalue weighted by molar-refractivity contribution is 5.93. The van der Waals surface area contributed by atoms with Crippen LogP contribution in [0.25, 0.3) is 33.3 Å². The molecule has 1 aliphatic heterocycles. The first-order chi connectivity index (χ1) is 17.2. The summed E-state index contributed by atoms with van der Waals surface area (Å²) in [6.07, 6.45) is 0.707. The summed E-state index contributed by atoms with van der Waals surface area (Å²) < 4.78 is 9.14. The number of carbonyl (C=O) groups excluding carboxylic acids is 1. The Hall–Kier alpha value is -4.39. The van der Waals surface area contributed by atoms with Crippen molar-refractivity contribution in [2.75, 3.05) is 7.11 Å². The lowest BCUT2D eigenvalue weighted by molar-refractivity contribution is -0.121. The van der Waals surface area contributed by atoms with E-state index in [0.717, 1.165) is 33.5 Å². The lowest BCUT2D eigenvalue weighted by Gasteiger charge is -2.21. The average molecular weight is 465 g/mol. The third-order valence-electron chi connectivity index (χ3n) is 6.70. The van der Waals surface area contributed by atoms with Crippen LogP contribution >= 0.6 is 0 Å². The number of aromatic nitrogens is 3. The van der Waals surface area contributed by atoms with Crippen molar-refractivity contribution in [1.29, 1.82) is 0 Å². The van der Waals surface area contributed by atoms with Gasteiger partial charge in [-0.2, -0.15) is 0 Å². The molecule has 0 unspecified atom stereocenters. The van der Waals surface area contributed by atoms with Gasteiger partial charge in [-0.25, -0.2) is 4.98 Å². The van der Waals surface area contributed by atoms with Gasteiger partial charge in [-0.3, -0.25) is 14.2 Å². The van der Waals surface area contributed by atoms with Crippen LogP contribution in [-0.4, -0.2) is 27.1 Å². The summed E-state index contributed by atoms with van der Waals surface area (Å²) in [6.45, 7) is 1.05. The van der Waals surface area contributed by atoms with E-state index in [1.165, 1.54) is 0 Å². The number of benzene rings is 3. The summed E-state index contributed by atoms with van der Waals surface area (Å²) in [5.74, 6) is 1.23. The number of hydrogen-bond acceptors (Lipinski definition) is 4. The maximum atomic E-state index is 13.3. The number of rotatable bonds is 5. The summed E-state index contributed by atoms with van der Waals surface area (Å²) in [7, 11) is 1.62. The van der Waals surface area contributed by atoms with Gasteiger partial charge in [-0.1, -0.05) is 48.5 Å². The number of amides is 1. The van der Waals surface area contributed by atoms with Gasteiger partial charge in [0.05, 0.1) is 23.7 Å². The van der Waals surface area contributed by atoms with Gasteiger partial charge in [-0.05, 0) is 36.2 Å². The van der Waals surface area contributed by atoms with E-state index in [-0.39, 0.29) is 18.0 Å². The van der Waals surface area contributed by atoms with Gasteiger partial charge in [0.1, 0.15) is 12.3 Å².